The Morgan fingerprint density at radius 3 is 2.75 bits per heavy atom. The normalized spacial score (nSPS) is 16.1. The molecule has 1 N–H and O–H groups in total. The second-order valence-corrected chi connectivity index (χ2v) is 7.18. The van der Waals surface area contributed by atoms with E-state index in [0.717, 1.165) is 49.5 Å². The van der Waals surface area contributed by atoms with E-state index in [1.165, 1.54) is 5.56 Å². The van der Waals surface area contributed by atoms with Crippen molar-refractivity contribution >= 4 is 11.7 Å². The Kier molecular flexibility index (Phi) is 5.55. The summed E-state index contributed by atoms with van der Waals surface area (Å²) >= 11 is 0. The third-order valence-corrected chi connectivity index (χ3v) is 5.29. The van der Waals surface area contributed by atoms with Crippen LogP contribution in [0.2, 0.25) is 0 Å². The molecule has 2 aliphatic heterocycles. The average Bonchev–Trinajstić information content (AvgIpc) is 3.18. The molecule has 1 fully saturated rings. The van der Waals surface area contributed by atoms with Gasteiger partial charge >= 0.3 is 6.03 Å². The number of carbonyl (C=O) groups is 1. The van der Waals surface area contributed by atoms with Crippen molar-refractivity contribution in [2.24, 2.45) is 5.92 Å². The summed E-state index contributed by atoms with van der Waals surface area (Å²) in [5, 5.41) is 2.99. The molecule has 0 spiro atoms. The van der Waals surface area contributed by atoms with Crippen molar-refractivity contribution in [3.8, 4) is 17.2 Å². The number of anilines is 1. The van der Waals surface area contributed by atoms with Gasteiger partial charge in [-0.2, -0.15) is 0 Å². The summed E-state index contributed by atoms with van der Waals surface area (Å²) in [4.78, 5) is 14.5. The van der Waals surface area contributed by atoms with Crippen LogP contribution in [-0.4, -0.2) is 37.4 Å². The van der Waals surface area contributed by atoms with Crippen LogP contribution in [-0.2, 0) is 6.42 Å². The molecule has 6 nitrogen and oxygen atoms in total. The number of rotatable bonds is 5. The highest BCUT2D eigenvalue weighted by molar-refractivity contribution is 5.91. The van der Waals surface area contributed by atoms with E-state index in [0.29, 0.717) is 25.1 Å². The predicted octanol–water partition coefficient (Wildman–Crippen LogP) is 4.30. The maximum Gasteiger partial charge on any atom is 0.321 e. The highest BCUT2D eigenvalue weighted by atomic mass is 16.7. The van der Waals surface area contributed by atoms with Crippen molar-refractivity contribution in [1.29, 1.82) is 0 Å². The van der Waals surface area contributed by atoms with E-state index in [9.17, 15) is 4.79 Å². The number of likely N-dealkylation sites (tertiary alicyclic amines) is 1. The van der Waals surface area contributed by atoms with Crippen molar-refractivity contribution in [2.45, 2.75) is 26.2 Å². The van der Waals surface area contributed by atoms with E-state index in [1.807, 2.05) is 42.2 Å². The standard InChI is InChI=1S/C22H26N2O4/c1-2-26-19-6-4-3-5-18(19)23-22(25)24-11-9-16(10-12-24)13-17-7-8-20-21(14-17)28-15-27-20/h3-8,14,16H,2,9-13,15H2,1H3,(H,23,25). The minimum Gasteiger partial charge on any atom is -0.492 e. The minimum atomic E-state index is -0.0614. The number of hydrogen-bond donors (Lipinski definition) is 1. The van der Waals surface area contributed by atoms with Gasteiger partial charge in [0.1, 0.15) is 5.75 Å². The van der Waals surface area contributed by atoms with Crippen molar-refractivity contribution in [1.82, 2.24) is 4.90 Å². The van der Waals surface area contributed by atoms with Gasteiger partial charge in [0.05, 0.1) is 12.3 Å². The van der Waals surface area contributed by atoms with Crippen LogP contribution in [0.5, 0.6) is 17.2 Å². The highest BCUT2D eigenvalue weighted by Crippen LogP contribution is 2.34. The fraction of sp³-hybridized carbons (Fsp3) is 0.409. The topological polar surface area (TPSA) is 60.0 Å². The van der Waals surface area contributed by atoms with Crippen LogP contribution in [0.4, 0.5) is 10.5 Å². The molecule has 2 aliphatic rings. The summed E-state index contributed by atoms with van der Waals surface area (Å²) in [6, 6.07) is 13.7. The van der Waals surface area contributed by atoms with Crippen LogP contribution in [0.1, 0.15) is 25.3 Å². The molecule has 4 rings (SSSR count). The van der Waals surface area contributed by atoms with Crippen molar-refractivity contribution < 1.29 is 19.0 Å². The van der Waals surface area contributed by atoms with Gasteiger partial charge in [-0.25, -0.2) is 4.79 Å². The Bertz CT molecular complexity index is 831. The van der Waals surface area contributed by atoms with Crippen LogP contribution in [0, 0.1) is 5.92 Å². The number of nitrogens with zero attached hydrogens (tertiary/aromatic N) is 1. The molecule has 0 aromatic heterocycles. The van der Waals surface area contributed by atoms with Crippen molar-refractivity contribution in [3.63, 3.8) is 0 Å². The Morgan fingerprint density at radius 2 is 1.93 bits per heavy atom. The maximum absolute atomic E-state index is 12.6. The highest BCUT2D eigenvalue weighted by Gasteiger charge is 2.24. The summed E-state index contributed by atoms with van der Waals surface area (Å²) in [7, 11) is 0. The summed E-state index contributed by atoms with van der Waals surface area (Å²) in [5.41, 5.74) is 1.98. The van der Waals surface area contributed by atoms with E-state index in [2.05, 4.69) is 17.4 Å². The molecule has 2 aromatic carbocycles. The molecule has 2 amide bonds. The van der Waals surface area contributed by atoms with E-state index >= 15 is 0 Å². The van der Waals surface area contributed by atoms with Gasteiger partial charge in [0.2, 0.25) is 6.79 Å². The number of piperidine rings is 1. The fourth-order valence-electron chi connectivity index (χ4n) is 3.79. The van der Waals surface area contributed by atoms with Gasteiger partial charge in [-0.1, -0.05) is 18.2 Å². The van der Waals surface area contributed by atoms with Crippen molar-refractivity contribution in [2.75, 3.05) is 31.8 Å². The first-order valence-electron chi connectivity index (χ1n) is 9.89. The number of fused-ring (bicyclic) bond motifs is 1. The molecular formula is C22H26N2O4. The summed E-state index contributed by atoms with van der Waals surface area (Å²) < 4.78 is 16.4. The first-order chi connectivity index (χ1) is 13.7. The summed E-state index contributed by atoms with van der Waals surface area (Å²) in [6.07, 6.45) is 2.99. The molecule has 0 radical (unpaired) electrons. The Morgan fingerprint density at radius 1 is 1.14 bits per heavy atom. The van der Waals surface area contributed by atoms with Gasteiger partial charge in [-0.05, 0) is 61.9 Å². The molecule has 0 atom stereocenters. The molecule has 0 bridgehead atoms. The largest absolute Gasteiger partial charge is 0.492 e. The number of para-hydroxylation sites is 2. The molecule has 2 heterocycles. The molecule has 0 saturated carbocycles. The molecule has 2 aromatic rings. The Hall–Kier alpha value is -2.89. The van der Waals surface area contributed by atoms with Gasteiger partial charge < -0.3 is 24.4 Å². The zero-order valence-corrected chi connectivity index (χ0v) is 16.1. The van der Waals surface area contributed by atoms with E-state index in [1.54, 1.807) is 0 Å². The van der Waals surface area contributed by atoms with Crippen LogP contribution in [0.15, 0.2) is 42.5 Å². The Balaban J connectivity index is 1.30. The van der Waals surface area contributed by atoms with Gasteiger partial charge in [-0.3, -0.25) is 0 Å². The first kappa shape index (κ1) is 18.5. The van der Waals surface area contributed by atoms with Gasteiger partial charge in [-0.15, -0.1) is 0 Å². The molecule has 6 heteroatoms. The molecule has 0 unspecified atom stereocenters. The summed E-state index contributed by atoms with van der Waals surface area (Å²) in [6.45, 7) is 4.33. The molecule has 0 aliphatic carbocycles. The fourth-order valence-corrected chi connectivity index (χ4v) is 3.79. The van der Waals surface area contributed by atoms with Crippen LogP contribution in [0.3, 0.4) is 0 Å². The number of carbonyl (C=O) groups excluding carboxylic acids is 1. The quantitative estimate of drug-likeness (QED) is 0.838. The lowest BCUT2D eigenvalue weighted by molar-refractivity contribution is 0.174. The molecule has 1 saturated heterocycles. The molecule has 148 valence electrons. The number of amides is 2. The van der Waals surface area contributed by atoms with Crippen LogP contribution >= 0.6 is 0 Å². The zero-order chi connectivity index (χ0) is 19.3. The lowest BCUT2D eigenvalue weighted by Crippen LogP contribution is -2.41. The third-order valence-electron chi connectivity index (χ3n) is 5.29. The zero-order valence-electron chi connectivity index (χ0n) is 16.1. The minimum absolute atomic E-state index is 0.0614. The lowest BCUT2D eigenvalue weighted by Gasteiger charge is -2.32. The van der Waals surface area contributed by atoms with E-state index < -0.39 is 0 Å². The summed E-state index contributed by atoms with van der Waals surface area (Å²) in [5.74, 6) is 2.93. The van der Waals surface area contributed by atoms with E-state index in [-0.39, 0.29) is 6.03 Å². The average molecular weight is 382 g/mol. The van der Waals surface area contributed by atoms with Crippen molar-refractivity contribution in [3.05, 3.63) is 48.0 Å². The smallest absolute Gasteiger partial charge is 0.321 e. The molecular weight excluding hydrogens is 356 g/mol. The number of urea groups is 1. The second-order valence-electron chi connectivity index (χ2n) is 7.18. The number of benzene rings is 2. The predicted molar refractivity (Wildman–Crippen MR) is 107 cm³/mol. The SMILES string of the molecule is CCOc1ccccc1NC(=O)N1CCC(Cc2ccc3c(c2)OCO3)CC1. The first-order valence-corrected chi connectivity index (χ1v) is 9.89. The van der Waals surface area contributed by atoms with Gasteiger partial charge in [0.25, 0.3) is 0 Å². The van der Waals surface area contributed by atoms with Crippen LogP contribution < -0.4 is 19.5 Å². The second kappa shape index (κ2) is 8.42. The lowest BCUT2D eigenvalue weighted by atomic mass is 9.90. The monoisotopic (exact) mass is 382 g/mol. The number of ether oxygens (including phenoxy) is 3. The van der Waals surface area contributed by atoms with E-state index in [4.69, 9.17) is 14.2 Å². The number of nitrogens with one attached hydrogen (secondary N) is 1. The maximum atomic E-state index is 12.6. The van der Waals surface area contributed by atoms with Gasteiger partial charge in [0, 0.05) is 13.1 Å². The Labute approximate surface area is 165 Å². The molecule has 28 heavy (non-hydrogen) atoms. The number of hydrogen-bond acceptors (Lipinski definition) is 4. The van der Waals surface area contributed by atoms with Gasteiger partial charge in [0.15, 0.2) is 11.5 Å². The third kappa shape index (κ3) is 4.16. The van der Waals surface area contributed by atoms with Crippen LogP contribution in [0.25, 0.3) is 0 Å².